The Hall–Kier alpha value is -2.24. The molecular formula is C12H11BF2N2O5S. The Labute approximate surface area is 130 Å². The Bertz CT molecular complexity index is 832. The molecule has 0 atom stereocenters. The van der Waals surface area contributed by atoms with E-state index in [4.69, 9.17) is 10.0 Å². The van der Waals surface area contributed by atoms with Crippen LogP contribution in [0.1, 0.15) is 5.69 Å². The lowest BCUT2D eigenvalue weighted by Crippen LogP contribution is -2.21. The largest absolute Gasteiger partial charge is 0.707 e. The first-order chi connectivity index (χ1) is 10.7. The van der Waals surface area contributed by atoms with Crippen LogP contribution in [0.3, 0.4) is 0 Å². The number of halogens is 2. The van der Waals surface area contributed by atoms with Crippen molar-refractivity contribution in [2.75, 3.05) is 4.72 Å². The highest BCUT2D eigenvalue weighted by atomic mass is 32.2. The molecule has 0 bridgehead atoms. The van der Waals surface area contributed by atoms with E-state index >= 15 is 0 Å². The topological polar surface area (TPSA) is 109 Å². The number of anilines is 1. The molecule has 122 valence electrons. The van der Waals surface area contributed by atoms with E-state index in [1.165, 1.54) is 6.92 Å². The van der Waals surface area contributed by atoms with Crippen molar-refractivity contribution < 1.29 is 31.9 Å². The maximum atomic E-state index is 13.6. The third kappa shape index (κ3) is 4.15. The number of hydrogen-bond donors (Lipinski definition) is 3. The van der Waals surface area contributed by atoms with Crippen molar-refractivity contribution in [2.45, 2.75) is 11.8 Å². The summed E-state index contributed by atoms with van der Waals surface area (Å²) in [6, 6.07) is 3.18. The van der Waals surface area contributed by atoms with E-state index in [0.717, 1.165) is 24.4 Å². The van der Waals surface area contributed by atoms with Gasteiger partial charge in [-0.15, -0.1) is 0 Å². The molecule has 3 N–H and O–H groups in total. The van der Waals surface area contributed by atoms with Gasteiger partial charge in [0.05, 0.1) is 17.6 Å². The third-order valence-corrected chi connectivity index (χ3v) is 4.13. The highest BCUT2D eigenvalue weighted by Gasteiger charge is 2.21. The Balaban J connectivity index is 2.37. The zero-order chi connectivity index (χ0) is 17.2. The van der Waals surface area contributed by atoms with Crippen LogP contribution in [0, 0.1) is 18.6 Å². The van der Waals surface area contributed by atoms with E-state index in [-0.39, 0.29) is 17.1 Å². The minimum atomic E-state index is -4.34. The van der Waals surface area contributed by atoms with Crippen LogP contribution >= 0.6 is 0 Å². The predicted octanol–water partition coefficient (Wildman–Crippen LogP) is 0.817. The number of pyridine rings is 1. The molecule has 11 heteroatoms. The highest BCUT2D eigenvalue weighted by Crippen LogP contribution is 2.24. The van der Waals surface area contributed by atoms with Crippen molar-refractivity contribution in [3.8, 4) is 5.75 Å². The molecule has 0 saturated heterocycles. The van der Waals surface area contributed by atoms with Gasteiger partial charge in [0.2, 0.25) is 0 Å². The number of aromatic nitrogens is 1. The Morgan fingerprint density at radius 1 is 1.26 bits per heavy atom. The Morgan fingerprint density at radius 3 is 2.57 bits per heavy atom. The zero-order valence-corrected chi connectivity index (χ0v) is 12.5. The predicted molar refractivity (Wildman–Crippen MR) is 77.0 cm³/mol. The zero-order valence-electron chi connectivity index (χ0n) is 11.7. The number of aryl methyl sites for hydroxylation is 1. The number of hydrogen-bond acceptors (Lipinski definition) is 6. The first-order valence-electron chi connectivity index (χ1n) is 6.16. The number of sulfonamides is 1. The van der Waals surface area contributed by atoms with Gasteiger partial charge in [-0.3, -0.25) is 9.71 Å². The minimum Gasteiger partial charge on any atom is -0.511 e. The second kappa shape index (κ2) is 6.48. The van der Waals surface area contributed by atoms with E-state index in [1.807, 2.05) is 0 Å². The lowest BCUT2D eigenvalue weighted by atomic mass is 10.2. The molecule has 23 heavy (non-hydrogen) atoms. The summed E-state index contributed by atoms with van der Waals surface area (Å²) in [6.07, 6.45) is 1.14. The molecule has 0 spiro atoms. The maximum Gasteiger partial charge on any atom is 0.707 e. The maximum absolute atomic E-state index is 13.6. The quantitative estimate of drug-likeness (QED) is 0.693. The van der Waals surface area contributed by atoms with Gasteiger partial charge < -0.3 is 14.7 Å². The summed E-state index contributed by atoms with van der Waals surface area (Å²) in [5.41, 5.74) is 0.169. The second-order valence-corrected chi connectivity index (χ2v) is 6.08. The summed E-state index contributed by atoms with van der Waals surface area (Å²) in [5.74, 6) is -2.28. The average molecular weight is 344 g/mol. The van der Waals surface area contributed by atoms with Crippen molar-refractivity contribution in [2.24, 2.45) is 0 Å². The van der Waals surface area contributed by atoms with Gasteiger partial charge in [0.1, 0.15) is 22.3 Å². The molecule has 0 aliphatic heterocycles. The van der Waals surface area contributed by atoms with Crippen LogP contribution in [0.25, 0.3) is 0 Å². The smallest absolute Gasteiger partial charge is 0.511 e. The van der Waals surface area contributed by atoms with Crippen LogP contribution in [0.4, 0.5) is 14.5 Å². The molecule has 0 fully saturated rings. The monoisotopic (exact) mass is 344 g/mol. The van der Waals surface area contributed by atoms with Gasteiger partial charge in [-0.25, -0.2) is 17.2 Å². The molecule has 0 amide bonds. The van der Waals surface area contributed by atoms with Crippen molar-refractivity contribution in [1.82, 2.24) is 4.98 Å². The number of benzene rings is 1. The van der Waals surface area contributed by atoms with Crippen LogP contribution in [-0.4, -0.2) is 30.8 Å². The van der Waals surface area contributed by atoms with Crippen LogP contribution in [0.5, 0.6) is 5.75 Å². The average Bonchev–Trinajstić information content (AvgIpc) is 2.41. The van der Waals surface area contributed by atoms with Crippen LogP contribution in [0.15, 0.2) is 35.4 Å². The van der Waals surface area contributed by atoms with Crippen molar-refractivity contribution >= 4 is 23.0 Å². The molecule has 0 unspecified atom stereocenters. The summed E-state index contributed by atoms with van der Waals surface area (Å²) in [5, 5.41) is 17.4. The van der Waals surface area contributed by atoms with Crippen molar-refractivity contribution in [3.63, 3.8) is 0 Å². The second-order valence-electron chi connectivity index (χ2n) is 4.43. The van der Waals surface area contributed by atoms with Gasteiger partial charge in [0.15, 0.2) is 0 Å². The molecule has 0 aliphatic carbocycles. The Kier molecular flexibility index (Phi) is 4.83. The van der Waals surface area contributed by atoms with E-state index in [0.29, 0.717) is 6.07 Å². The molecule has 1 heterocycles. The fourth-order valence-corrected chi connectivity index (χ4v) is 2.87. The molecular weight excluding hydrogens is 333 g/mol. The van der Waals surface area contributed by atoms with Crippen LogP contribution in [0.2, 0.25) is 0 Å². The molecule has 0 aliphatic rings. The molecule has 0 radical (unpaired) electrons. The first-order valence-corrected chi connectivity index (χ1v) is 7.64. The normalized spacial score (nSPS) is 11.2. The van der Waals surface area contributed by atoms with Gasteiger partial charge >= 0.3 is 7.32 Å². The molecule has 1 aromatic carbocycles. The number of nitrogens with zero attached hydrogens (tertiary/aromatic N) is 1. The molecule has 2 rings (SSSR count). The van der Waals surface area contributed by atoms with Gasteiger partial charge in [0, 0.05) is 12.1 Å². The summed E-state index contributed by atoms with van der Waals surface area (Å²) in [4.78, 5) is 3.07. The SMILES string of the molecule is Cc1ncc(OB(O)O)cc1NS(=O)(=O)c1ccc(F)cc1F. The number of nitrogens with one attached hydrogen (secondary N) is 1. The standard InChI is InChI=1S/C12H11BF2N2O5S/c1-7-11(5-9(6-16-7)22-13(18)19)17-23(20,21)12-3-2-8(14)4-10(12)15/h2-6,17-19H,1H3. The van der Waals surface area contributed by atoms with Gasteiger partial charge in [0.25, 0.3) is 10.0 Å². The summed E-state index contributed by atoms with van der Waals surface area (Å²) in [7, 11) is -6.45. The Morgan fingerprint density at radius 2 is 1.96 bits per heavy atom. The first kappa shape index (κ1) is 17.1. The third-order valence-electron chi connectivity index (χ3n) is 2.73. The summed E-state index contributed by atoms with van der Waals surface area (Å²) in [6.45, 7) is 1.47. The molecule has 2 aromatic rings. The van der Waals surface area contributed by atoms with Crippen molar-refractivity contribution in [3.05, 3.63) is 47.8 Å². The van der Waals surface area contributed by atoms with E-state index < -0.39 is 33.9 Å². The van der Waals surface area contributed by atoms with Crippen LogP contribution < -0.4 is 9.38 Å². The lowest BCUT2D eigenvalue weighted by molar-refractivity contribution is 0.287. The summed E-state index contributed by atoms with van der Waals surface area (Å²) >= 11 is 0. The van der Waals surface area contributed by atoms with E-state index in [1.54, 1.807) is 0 Å². The van der Waals surface area contributed by atoms with Gasteiger partial charge in [-0.2, -0.15) is 0 Å². The highest BCUT2D eigenvalue weighted by molar-refractivity contribution is 7.92. The van der Waals surface area contributed by atoms with E-state index in [2.05, 4.69) is 14.4 Å². The minimum absolute atomic E-state index is 0.0631. The fourth-order valence-electron chi connectivity index (χ4n) is 1.70. The molecule has 7 nitrogen and oxygen atoms in total. The molecule has 1 aromatic heterocycles. The fraction of sp³-hybridized carbons (Fsp3) is 0.0833. The van der Waals surface area contributed by atoms with Gasteiger partial charge in [-0.05, 0) is 19.1 Å². The lowest BCUT2D eigenvalue weighted by Gasteiger charge is -2.12. The van der Waals surface area contributed by atoms with Gasteiger partial charge in [-0.1, -0.05) is 0 Å². The van der Waals surface area contributed by atoms with Crippen molar-refractivity contribution in [1.29, 1.82) is 0 Å². The number of rotatable bonds is 5. The summed E-state index contributed by atoms with van der Waals surface area (Å²) < 4.78 is 57.5. The van der Waals surface area contributed by atoms with Crippen LogP contribution in [-0.2, 0) is 10.0 Å². The molecule has 0 saturated carbocycles. The van der Waals surface area contributed by atoms with E-state index in [9.17, 15) is 17.2 Å².